The molecule has 2 aromatic rings. The zero-order chi connectivity index (χ0) is 18.5. The van der Waals surface area contributed by atoms with Gasteiger partial charge in [-0.1, -0.05) is 6.07 Å². The SMILES string of the molecule is N#Cc1cccc(C(=O)NCC2CN(c3ccc(F)cc3)C(=O)CO2)c1. The molecule has 1 heterocycles. The summed E-state index contributed by atoms with van der Waals surface area (Å²) in [5.74, 6) is -0.922. The third-order valence-corrected chi connectivity index (χ3v) is 4.01. The fraction of sp³-hybridized carbons (Fsp3) is 0.211. The number of anilines is 1. The van der Waals surface area contributed by atoms with E-state index in [9.17, 15) is 14.0 Å². The number of carbonyl (C=O) groups is 2. The van der Waals surface area contributed by atoms with Crippen LogP contribution in [0.1, 0.15) is 15.9 Å². The second kappa shape index (κ2) is 7.76. The highest BCUT2D eigenvalue weighted by molar-refractivity contribution is 5.95. The van der Waals surface area contributed by atoms with Gasteiger partial charge in [0.05, 0.1) is 24.3 Å². The summed E-state index contributed by atoms with van der Waals surface area (Å²) >= 11 is 0. The van der Waals surface area contributed by atoms with Crippen LogP contribution >= 0.6 is 0 Å². The lowest BCUT2D eigenvalue weighted by molar-refractivity contribution is -0.129. The quantitative estimate of drug-likeness (QED) is 0.910. The van der Waals surface area contributed by atoms with Gasteiger partial charge in [0.2, 0.25) is 0 Å². The highest BCUT2D eigenvalue weighted by Crippen LogP contribution is 2.19. The number of benzene rings is 2. The van der Waals surface area contributed by atoms with Crippen LogP contribution < -0.4 is 10.2 Å². The van der Waals surface area contributed by atoms with Gasteiger partial charge in [0, 0.05) is 17.8 Å². The zero-order valence-corrected chi connectivity index (χ0v) is 13.8. The zero-order valence-electron chi connectivity index (χ0n) is 13.8. The predicted octanol–water partition coefficient (Wildman–Crippen LogP) is 1.86. The Morgan fingerprint density at radius 3 is 2.81 bits per heavy atom. The van der Waals surface area contributed by atoms with Crippen LogP contribution in [0.5, 0.6) is 0 Å². The Balaban J connectivity index is 1.61. The fourth-order valence-electron chi connectivity index (χ4n) is 2.66. The average molecular weight is 353 g/mol. The number of hydrogen-bond acceptors (Lipinski definition) is 4. The van der Waals surface area contributed by atoms with Gasteiger partial charge in [0.15, 0.2) is 0 Å². The highest BCUT2D eigenvalue weighted by Gasteiger charge is 2.27. The summed E-state index contributed by atoms with van der Waals surface area (Å²) in [5.41, 5.74) is 1.36. The van der Waals surface area contributed by atoms with E-state index in [0.29, 0.717) is 16.8 Å². The van der Waals surface area contributed by atoms with Crippen molar-refractivity contribution in [2.24, 2.45) is 0 Å². The van der Waals surface area contributed by atoms with Crippen LogP contribution in [0.3, 0.4) is 0 Å². The minimum Gasteiger partial charge on any atom is -0.365 e. The number of nitrogens with zero attached hydrogens (tertiary/aromatic N) is 2. The number of morpholine rings is 1. The summed E-state index contributed by atoms with van der Waals surface area (Å²) in [7, 11) is 0. The van der Waals surface area contributed by atoms with Gasteiger partial charge in [-0.25, -0.2) is 4.39 Å². The molecule has 0 aliphatic carbocycles. The Morgan fingerprint density at radius 2 is 2.08 bits per heavy atom. The molecule has 1 N–H and O–H groups in total. The second-order valence-corrected chi connectivity index (χ2v) is 5.82. The number of carbonyl (C=O) groups excluding carboxylic acids is 2. The first kappa shape index (κ1) is 17.6. The Kier molecular flexibility index (Phi) is 5.25. The minimum absolute atomic E-state index is 0.109. The molecule has 1 fully saturated rings. The minimum atomic E-state index is -0.388. The molecule has 2 aromatic carbocycles. The van der Waals surface area contributed by atoms with E-state index < -0.39 is 0 Å². The van der Waals surface area contributed by atoms with Gasteiger partial charge >= 0.3 is 0 Å². The van der Waals surface area contributed by atoms with Gasteiger partial charge < -0.3 is 15.0 Å². The lowest BCUT2D eigenvalue weighted by atomic mass is 10.1. The molecule has 0 saturated carbocycles. The van der Waals surface area contributed by atoms with Crippen LogP contribution in [0, 0.1) is 17.1 Å². The smallest absolute Gasteiger partial charge is 0.253 e. The molecule has 132 valence electrons. The molecule has 3 rings (SSSR count). The van der Waals surface area contributed by atoms with Gasteiger partial charge in [-0.15, -0.1) is 0 Å². The summed E-state index contributed by atoms with van der Waals surface area (Å²) in [4.78, 5) is 25.8. The standard InChI is InChI=1S/C19H16FN3O3/c20-15-4-6-16(7-5-15)23-11-17(26-12-18(23)24)10-22-19(25)14-3-1-2-13(8-14)9-21/h1-8,17H,10-12H2,(H,22,25). The fourth-order valence-corrected chi connectivity index (χ4v) is 2.66. The number of rotatable bonds is 4. The molecule has 1 unspecified atom stereocenters. The monoisotopic (exact) mass is 353 g/mol. The van der Waals surface area contributed by atoms with E-state index >= 15 is 0 Å². The van der Waals surface area contributed by atoms with Gasteiger partial charge in [0.25, 0.3) is 11.8 Å². The Hall–Kier alpha value is -3.24. The first-order valence-electron chi connectivity index (χ1n) is 8.02. The van der Waals surface area contributed by atoms with Gasteiger partial charge in [-0.2, -0.15) is 5.26 Å². The third-order valence-electron chi connectivity index (χ3n) is 4.01. The van der Waals surface area contributed by atoms with E-state index in [1.807, 2.05) is 6.07 Å². The largest absolute Gasteiger partial charge is 0.365 e. The van der Waals surface area contributed by atoms with Crippen LogP contribution in [0.25, 0.3) is 0 Å². The van der Waals surface area contributed by atoms with E-state index in [1.54, 1.807) is 18.2 Å². The molecule has 6 nitrogen and oxygen atoms in total. The second-order valence-electron chi connectivity index (χ2n) is 5.82. The van der Waals surface area contributed by atoms with Crippen molar-refractivity contribution in [1.82, 2.24) is 5.32 Å². The van der Waals surface area contributed by atoms with Crippen LogP contribution in [-0.2, 0) is 9.53 Å². The molecular formula is C19H16FN3O3. The van der Waals surface area contributed by atoms with Crippen molar-refractivity contribution >= 4 is 17.5 Å². The summed E-state index contributed by atoms with van der Waals surface area (Å²) < 4.78 is 18.5. The van der Waals surface area contributed by atoms with Crippen molar-refractivity contribution in [2.75, 3.05) is 24.6 Å². The van der Waals surface area contributed by atoms with Crippen molar-refractivity contribution in [3.05, 3.63) is 65.5 Å². The molecule has 1 saturated heterocycles. The van der Waals surface area contributed by atoms with Gasteiger partial charge in [-0.05, 0) is 42.5 Å². The maximum absolute atomic E-state index is 13.1. The first-order valence-corrected chi connectivity index (χ1v) is 8.02. The van der Waals surface area contributed by atoms with E-state index in [-0.39, 0.29) is 43.4 Å². The van der Waals surface area contributed by atoms with Crippen LogP contribution in [0.4, 0.5) is 10.1 Å². The van der Waals surface area contributed by atoms with Crippen molar-refractivity contribution in [1.29, 1.82) is 5.26 Å². The number of nitriles is 1. The average Bonchev–Trinajstić information content (AvgIpc) is 2.68. The molecule has 26 heavy (non-hydrogen) atoms. The van der Waals surface area contributed by atoms with Crippen molar-refractivity contribution in [3.8, 4) is 6.07 Å². The van der Waals surface area contributed by atoms with Crippen molar-refractivity contribution in [3.63, 3.8) is 0 Å². The summed E-state index contributed by atoms with van der Waals surface area (Å²) in [6.07, 6.45) is -0.388. The van der Waals surface area contributed by atoms with Crippen molar-refractivity contribution in [2.45, 2.75) is 6.10 Å². The molecule has 0 aromatic heterocycles. The van der Waals surface area contributed by atoms with Gasteiger partial charge in [-0.3, -0.25) is 9.59 Å². The normalized spacial score (nSPS) is 16.8. The van der Waals surface area contributed by atoms with E-state index in [0.717, 1.165) is 0 Å². The summed E-state index contributed by atoms with van der Waals surface area (Å²) in [5, 5.41) is 11.6. The Bertz CT molecular complexity index is 861. The van der Waals surface area contributed by atoms with E-state index in [2.05, 4.69) is 5.32 Å². The molecule has 1 aliphatic rings. The molecule has 1 aliphatic heterocycles. The number of hydrogen-bond donors (Lipinski definition) is 1. The Labute approximate surface area is 149 Å². The summed E-state index contributed by atoms with van der Waals surface area (Å²) in [6.45, 7) is 0.353. The van der Waals surface area contributed by atoms with Crippen molar-refractivity contribution < 1.29 is 18.7 Å². The maximum atomic E-state index is 13.1. The molecule has 1 atom stereocenters. The molecule has 7 heteroatoms. The topological polar surface area (TPSA) is 82.4 Å². The number of nitrogens with one attached hydrogen (secondary N) is 1. The highest BCUT2D eigenvalue weighted by atomic mass is 19.1. The lowest BCUT2D eigenvalue weighted by Gasteiger charge is -2.32. The van der Waals surface area contributed by atoms with Crippen LogP contribution in [-0.4, -0.2) is 37.6 Å². The molecular weight excluding hydrogens is 337 g/mol. The molecule has 2 amide bonds. The first-order chi connectivity index (χ1) is 12.6. The molecule has 0 radical (unpaired) electrons. The number of amides is 2. The maximum Gasteiger partial charge on any atom is 0.253 e. The number of ether oxygens (including phenoxy) is 1. The number of halogens is 1. The third kappa shape index (κ3) is 4.05. The Morgan fingerprint density at radius 1 is 1.31 bits per heavy atom. The van der Waals surface area contributed by atoms with E-state index in [1.165, 1.54) is 35.2 Å². The predicted molar refractivity (Wildman–Crippen MR) is 92.0 cm³/mol. The lowest BCUT2D eigenvalue weighted by Crippen LogP contribution is -2.50. The molecule has 0 bridgehead atoms. The van der Waals surface area contributed by atoms with E-state index in [4.69, 9.17) is 10.00 Å². The summed E-state index contributed by atoms with van der Waals surface area (Å²) in [6, 6.07) is 14.0. The molecule has 0 spiro atoms. The van der Waals surface area contributed by atoms with Crippen LogP contribution in [0.2, 0.25) is 0 Å². The van der Waals surface area contributed by atoms with Gasteiger partial charge in [0.1, 0.15) is 12.4 Å². The van der Waals surface area contributed by atoms with Crippen LogP contribution in [0.15, 0.2) is 48.5 Å².